The van der Waals surface area contributed by atoms with Crippen molar-refractivity contribution in [3.63, 3.8) is 0 Å². The molecule has 0 aromatic heterocycles. The average Bonchev–Trinajstić information content (AvgIpc) is 2.28. The molecular weight excluding hydrogens is 281 g/mol. The highest BCUT2D eigenvalue weighted by Crippen LogP contribution is 2.20. The van der Waals surface area contributed by atoms with Gasteiger partial charge in [0.1, 0.15) is 5.82 Å². The van der Waals surface area contributed by atoms with Crippen molar-refractivity contribution in [2.75, 3.05) is 6.54 Å². The summed E-state index contributed by atoms with van der Waals surface area (Å²) >= 11 is 3.41. The maximum absolute atomic E-state index is 12.9. The van der Waals surface area contributed by atoms with Crippen LogP contribution >= 0.6 is 15.9 Å². The molecule has 0 saturated carbocycles. The summed E-state index contributed by atoms with van der Waals surface area (Å²) < 4.78 is 13.8. The zero-order valence-corrected chi connectivity index (χ0v) is 12.2. The first-order valence-electron chi connectivity index (χ1n) is 6.34. The molecule has 1 aromatic rings. The summed E-state index contributed by atoms with van der Waals surface area (Å²) in [4.78, 5) is 0. The fraction of sp³-hybridized carbons (Fsp3) is 0.571. The number of rotatable bonds is 7. The molecule has 1 N–H and O–H groups in total. The quantitative estimate of drug-likeness (QED) is 0.792. The van der Waals surface area contributed by atoms with E-state index in [0.29, 0.717) is 6.04 Å². The topological polar surface area (TPSA) is 12.0 Å². The van der Waals surface area contributed by atoms with Crippen LogP contribution in [0.1, 0.15) is 38.7 Å². The van der Waals surface area contributed by atoms with Gasteiger partial charge in [0, 0.05) is 10.5 Å². The third-order valence-corrected chi connectivity index (χ3v) is 3.65. The van der Waals surface area contributed by atoms with E-state index >= 15 is 0 Å². The van der Waals surface area contributed by atoms with Crippen molar-refractivity contribution < 1.29 is 4.39 Å². The second-order valence-corrected chi connectivity index (χ2v) is 5.17. The fourth-order valence-corrected chi connectivity index (χ4v) is 2.59. The second-order valence-electron chi connectivity index (χ2n) is 4.32. The molecule has 0 amide bonds. The Labute approximate surface area is 112 Å². The second kappa shape index (κ2) is 7.83. The lowest BCUT2D eigenvalue weighted by Crippen LogP contribution is -2.29. The number of nitrogens with one attached hydrogen (secondary N) is 1. The lowest BCUT2D eigenvalue weighted by molar-refractivity contribution is 0.459. The molecule has 0 spiro atoms. The van der Waals surface area contributed by atoms with E-state index in [2.05, 4.69) is 35.1 Å². The highest BCUT2D eigenvalue weighted by Gasteiger charge is 2.08. The molecule has 1 rings (SSSR count). The van der Waals surface area contributed by atoms with Crippen LogP contribution in [-0.2, 0) is 6.42 Å². The van der Waals surface area contributed by atoms with E-state index in [4.69, 9.17) is 0 Å². The van der Waals surface area contributed by atoms with Gasteiger partial charge in [-0.2, -0.15) is 0 Å². The summed E-state index contributed by atoms with van der Waals surface area (Å²) in [5.41, 5.74) is 1.19. The molecule has 17 heavy (non-hydrogen) atoms. The minimum Gasteiger partial charge on any atom is -0.314 e. The van der Waals surface area contributed by atoms with Crippen LogP contribution in [0.4, 0.5) is 4.39 Å². The molecule has 0 aliphatic carbocycles. The molecule has 0 heterocycles. The van der Waals surface area contributed by atoms with E-state index in [-0.39, 0.29) is 5.82 Å². The van der Waals surface area contributed by atoms with Crippen molar-refractivity contribution in [2.24, 2.45) is 0 Å². The summed E-state index contributed by atoms with van der Waals surface area (Å²) in [6.07, 6.45) is 4.49. The van der Waals surface area contributed by atoms with E-state index in [1.54, 1.807) is 0 Å². The summed E-state index contributed by atoms with van der Waals surface area (Å²) in [7, 11) is 0. The molecule has 0 bridgehead atoms. The van der Waals surface area contributed by atoms with Crippen LogP contribution < -0.4 is 5.32 Å². The van der Waals surface area contributed by atoms with Crippen LogP contribution in [0.15, 0.2) is 22.7 Å². The number of halogens is 2. The summed E-state index contributed by atoms with van der Waals surface area (Å²) in [6, 6.07) is 5.51. The van der Waals surface area contributed by atoms with Gasteiger partial charge >= 0.3 is 0 Å². The van der Waals surface area contributed by atoms with Crippen LogP contribution in [-0.4, -0.2) is 12.6 Å². The van der Waals surface area contributed by atoms with E-state index in [1.807, 2.05) is 6.07 Å². The number of hydrogen-bond acceptors (Lipinski definition) is 1. The van der Waals surface area contributed by atoms with Gasteiger partial charge in [0.15, 0.2) is 0 Å². The van der Waals surface area contributed by atoms with E-state index < -0.39 is 0 Å². The first kappa shape index (κ1) is 14.7. The van der Waals surface area contributed by atoms with Crippen molar-refractivity contribution in [1.82, 2.24) is 5.32 Å². The third-order valence-electron chi connectivity index (χ3n) is 2.91. The van der Waals surface area contributed by atoms with Gasteiger partial charge in [-0.25, -0.2) is 4.39 Å². The zero-order chi connectivity index (χ0) is 12.7. The van der Waals surface area contributed by atoms with Gasteiger partial charge in [0.25, 0.3) is 0 Å². The van der Waals surface area contributed by atoms with Crippen molar-refractivity contribution >= 4 is 15.9 Å². The molecular formula is C14H21BrFN. The average molecular weight is 302 g/mol. The lowest BCUT2D eigenvalue weighted by Gasteiger charge is -2.17. The highest BCUT2D eigenvalue weighted by molar-refractivity contribution is 9.10. The van der Waals surface area contributed by atoms with Gasteiger partial charge in [-0.1, -0.05) is 42.3 Å². The molecule has 1 unspecified atom stereocenters. The van der Waals surface area contributed by atoms with Crippen molar-refractivity contribution in [3.05, 3.63) is 34.1 Å². The Morgan fingerprint density at radius 2 is 2.06 bits per heavy atom. The first-order chi connectivity index (χ1) is 8.17. The molecule has 0 radical (unpaired) electrons. The molecule has 96 valence electrons. The molecule has 1 atom stereocenters. The SMILES string of the molecule is CCCC(CCc1ccc(F)cc1Br)NCC. The van der Waals surface area contributed by atoms with Crippen molar-refractivity contribution in [3.8, 4) is 0 Å². The first-order valence-corrected chi connectivity index (χ1v) is 7.14. The highest BCUT2D eigenvalue weighted by atomic mass is 79.9. The van der Waals surface area contributed by atoms with E-state index in [1.165, 1.54) is 30.5 Å². The maximum atomic E-state index is 12.9. The normalized spacial score (nSPS) is 12.7. The Morgan fingerprint density at radius 3 is 2.65 bits per heavy atom. The molecule has 0 aliphatic heterocycles. The van der Waals surface area contributed by atoms with Gasteiger partial charge in [0.2, 0.25) is 0 Å². The fourth-order valence-electron chi connectivity index (χ4n) is 2.04. The predicted octanol–water partition coefficient (Wildman–Crippen LogP) is 4.30. The van der Waals surface area contributed by atoms with Crippen LogP contribution in [0, 0.1) is 5.82 Å². The zero-order valence-electron chi connectivity index (χ0n) is 10.6. The van der Waals surface area contributed by atoms with Gasteiger partial charge in [0.05, 0.1) is 0 Å². The van der Waals surface area contributed by atoms with E-state index in [0.717, 1.165) is 23.9 Å². The summed E-state index contributed by atoms with van der Waals surface area (Å²) in [5, 5.41) is 3.50. The van der Waals surface area contributed by atoms with Crippen LogP contribution in [0.2, 0.25) is 0 Å². The number of benzene rings is 1. The monoisotopic (exact) mass is 301 g/mol. The summed E-state index contributed by atoms with van der Waals surface area (Å²) in [6.45, 7) is 5.35. The summed E-state index contributed by atoms with van der Waals surface area (Å²) in [5.74, 6) is -0.183. The largest absolute Gasteiger partial charge is 0.314 e. The van der Waals surface area contributed by atoms with Gasteiger partial charge in [-0.05, 0) is 43.5 Å². The Kier molecular flexibility index (Phi) is 6.75. The van der Waals surface area contributed by atoms with Crippen molar-refractivity contribution in [2.45, 2.75) is 45.6 Å². The smallest absolute Gasteiger partial charge is 0.124 e. The van der Waals surface area contributed by atoms with Gasteiger partial charge in [-0.15, -0.1) is 0 Å². The Bertz CT molecular complexity index is 335. The van der Waals surface area contributed by atoms with Crippen molar-refractivity contribution in [1.29, 1.82) is 0 Å². The molecule has 1 nitrogen and oxygen atoms in total. The van der Waals surface area contributed by atoms with Crippen LogP contribution in [0.3, 0.4) is 0 Å². The van der Waals surface area contributed by atoms with E-state index in [9.17, 15) is 4.39 Å². The predicted molar refractivity (Wildman–Crippen MR) is 74.8 cm³/mol. The molecule has 0 aliphatic rings. The van der Waals surface area contributed by atoms with Gasteiger partial charge < -0.3 is 5.32 Å². The molecule has 3 heteroatoms. The Balaban J connectivity index is 2.52. The van der Waals surface area contributed by atoms with Crippen LogP contribution in [0.5, 0.6) is 0 Å². The minimum atomic E-state index is -0.183. The Morgan fingerprint density at radius 1 is 1.29 bits per heavy atom. The molecule has 1 aromatic carbocycles. The minimum absolute atomic E-state index is 0.183. The Hall–Kier alpha value is -0.410. The van der Waals surface area contributed by atoms with Gasteiger partial charge in [-0.3, -0.25) is 0 Å². The lowest BCUT2D eigenvalue weighted by atomic mass is 10.0. The number of hydrogen-bond donors (Lipinski definition) is 1. The molecule has 0 fully saturated rings. The van der Waals surface area contributed by atoms with Crippen LogP contribution in [0.25, 0.3) is 0 Å². The third kappa shape index (κ3) is 5.17. The standard InChI is InChI=1S/C14H21BrFN/c1-3-5-13(17-4-2)9-7-11-6-8-12(16)10-14(11)15/h6,8,10,13,17H,3-5,7,9H2,1-2H3. The maximum Gasteiger partial charge on any atom is 0.124 e. The number of aryl methyl sites for hydroxylation is 1. The molecule has 0 saturated heterocycles.